The quantitative estimate of drug-likeness (QED) is 0.522. The molecule has 3 heteroatoms. The number of aryl methyl sites for hydroxylation is 1. The van der Waals surface area contributed by atoms with Crippen LogP contribution in [-0.2, 0) is 0 Å². The Morgan fingerprint density at radius 2 is 1.64 bits per heavy atom. The molecule has 0 saturated heterocycles. The van der Waals surface area contributed by atoms with E-state index >= 15 is 0 Å². The van der Waals surface area contributed by atoms with Crippen LogP contribution in [0.1, 0.15) is 11.1 Å². The van der Waals surface area contributed by atoms with Gasteiger partial charge in [-0.25, -0.2) is 0 Å². The van der Waals surface area contributed by atoms with Crippen molar-refractivity contribution in [2.24, 2.45) is 0 Å². The molecule has 2 radical (unpaired) electrons. The van der Waals surface area contributed by atoms with E-state index in [0.717, 1.165) is 15.5 Å². The fourth-order valence-electron chi connectivity index (χ4n) is 1.97. The van der Waals surface area contributed by atoms with Crippen molar-refractivity contribution < 1.29 is 8.78 Å². The number of hydrogen-bond donors (Lipinski definition) is 0. The summed E-state index contributed by atoms with van der Waals surface area (Å²) >= 11 is 2.32. The van der Waals surface area contributed by atoms with Crippen LogP contribution in [0.3, 0.4) is 0 Å². The molecule has 0 amide bonds. The molecule has 2 aromatic carbocycles. The zero-order valence-electron chi connectivity index (χ0n) is 12.2. The molecule has 2 aromatic rings. The van der Waals surface area contributed by atoms with Gasteiger partial charge in [-0.2, -0.15) is 0 Å². The molecule has 0 aliphatic carbocycles. The molecule has 2 rings (SSSR count). The van der Waals surface area contributed by atoms with Crippen LogP contribution in [-0.4, -0.2) is 16.9 Å². The molecule has 0 aliphatic heterocycles. The molecule has 0 atom stereocenters. The van der Waals surface area contributed by atoms with Crippen LogP contribution < -0.4 is 0 Å². The Bertz CT molecular complexity index is 718. The van der Waals surface area contributed by atoms with Gasteiger partial charge in [-0.15, -0.1) is 0 Å². The van der Waals surface area contributed by atoms with Crippen molar-refractivity contribution in [3.05, 3.63) is 88.3 Å². The Morgan fingerprint density at radius 3 is 2.18 bits per heavy atom. The molecule has 0 saturated carbocycles. The van der Waals surface area contributed by atoms with Gasteiger partial charge in [-0.3, -0.25) is 0 Å². The van der Waals surface area contributed by atoms with E-state index < -0.39 is 11.6 Å². The van der Waals surface area contributed by atoms with Gasteiger partial charge in [-0.1, -0.05) is 0 Å². The van der Waals surface area contributed by atoms with E-state index in [0.29, 0.717) is 5.56 Å². The summed E-state index contributed by atoms with van der Waals surface area (Å²) in [6.45, 7) is 5.58. The third-order valence-corrected chi connectivity index (χ3v) is 3.90. The SMILES string of the molecule is C=C/C([As])=C/C=C/c1c(F)cc(-c2ccc(C)cc2)cc1F. The third-order valence-electron chi connectivity index (χ3n) is 3.20. The van der Waals surface area contributed by atoms with Gasteiger partial charge in [0.25, 0.3) is 0 Å². The zero-order chi connectivity index (χ0) is 16.1. The Labute approximate surface area is 138 Å². The molecule has 0 N–H and O–H groups in total. The van der Waals surface area contributed by atoms with Crippen LogP contribution in [0.4, 0.5) is 8.78 Å². The first-order chi connectivity index (χ1) is 10.5. The second-order valence-corrected chi connectivity index (χ2v) is 5.96. The Kier molecular flexibility index (Phi) is 5.51. The minimum atomic E-state index is -0.578. The maximum absolute atomic E-state index is 14.1. The van der Waals surface area contributed by atoms with E-state index in [-0.39, 0.29) is 5.56 Å². The molecule has 0 nitrogen and oxygen atoms in total. The van der Waals surface area contributed by atoms with Crippen LogP contribution in [0.25, 0.3) is 17.2 Å². The van der Waals surface area contributed by atoms with E-state index in [2.05, 4.69) is 23.4 Å². The third kappa shape index (κ3) is 4.05. The average molecular weight is 356 g/mol. The molecule has 0 aromatic heterocycles. The van der Waals surface area contributed by atoms with Gasteiger partial charge < -0.3 is 0 Å². The van der Waals surface area contributed by atoms with Crippen molar-refractivity contribution in [2.45, 2.75) is 6.92 Å². The fourth-order valence-corrected chi connectivity index (χ4v) is 2.15. The summed E-state index contributed by atoms with van der Waals surface area (Å²) in [5.74, 6) is -1.16. The van der Waals surface area contributed by atoms with Gasteiger partial charge in [-0.05, 0) is 6.92 Å². The van der Waals surface area contributed by atoms with E-state index in [9.17, 15) is 8.78 Å². The molecular weight excluding hydrogens is 341 g/mol. The second kappa shape index (κ2) is 7.37. The van der Waals surface area contributed by atoms with Crippen LogP contribution in [0, 0.1) is 18.6 Å². The molecule has 0 heterocycles. The first-order valence-corrected chi connectivity index (χ1v) is 7.71. The standard InChI is InChI=1S/C19H15AsF2/c1-3-16(20)5-4-6-17-18(21)11-15(12-19(17)22)14-9-7-13(2)8-10-14/h3-12H,1H2,2H3/b6-4+,16-5-. The first-order valence-electron chi connectivity index (χ1n) is 6.77. The van der Waals surface area contributed by atoms with E-state index in [1.165, 1.54) is 18.2 Å². The summed E-state index contributed by atoms with van der Waals surface area (Å²) in [5, 5.41) is 0. The molecule has 0 unspecified atom stereocenters. The summed E-state index contributed by atoms with van der Waals surface area (Å²) < 4.78 is 29.2. The van der Waals surface area contributed by atoms with Gasteiger partial charge in [0.15, 0.2) is 0 Å². The van der Waals surface area contributed by atoms with Crippen molar-refractivity contribution in [1.29, 1.82) is 0 Å². The monoisotopic (exact) mass is 356 g/mol. The van der Waals surface area contributed by atoms with Gasteiger partial charge in [0.1, 0.15) is 0 Å². The van der Waals surface area contributed by atoms with Gasteiger partial charge in [0.2, 0.25) is 0 Å². The van der Waals surface area contributed by atoms with Crippen molar-refractivity contribution in [3.63, 3.8) is 0 Å². The predicted octanol–water partition coefficient (Wildman–Crippen LogP) is 5.19. The van der Waals surface area contributed by atoms with Crippen LogP contribution in [0.5, 0.6) is 0 Å². The second-order valence-electron chi connectivity index (χ2n) is 4.87. The molecule has 0 spiro atoms. The summed E-state index contributed by atoms with van der Waals surface area (Å²) in [6.07, 6.45) is 6.39. The number of hydrogen-bond acceptors (Lipinski definition) is 0. The van der Waals surface area contributed by atoms with Crippen LogP contribution in [0.2, 0.25) is 0 Å². The normalized spacial score (nSPS) is 11.9. The van der Waals surface area contributed by atoms with Gasteiger partial charge >= 0.3 is 131 Å². The number of halogens is 2. The molecule has 0 fully saturated rings. The van der Waals surface area contributed by atoms with Gasteiger partial charge in [0.05, 0.1) is 0 Å². The molecule has 0 bridgehead atoms. The van der Waals surface area contributed by atoms with Crippen molar-refractivity contribution >= 4 is 22.9 Å². The van der Waals surface area contributed by atoms with E-state index in [4.69, 9.17) is 0 Å². The average Bonchev–Trinajstić information content (AvgIpc) is 2.50. The van der Waals surface area contributed by atoms with E-state index in [1.807, 2.05) is 31.2 Å². The summed E-state index contributed by atoms with van der Waals surface area (Å²) in [4.78, 5) is 0. The summed E-state index contributed by atoms with van der Waals surface area (Å²) in [5.41, 5.74) is 2.38. The topological polar surface area (TPSA) is 0 Å². The van der Waals surface area contributed by atoms with Crippen molar-refractivity contribution in [2.75, 3.05) is 0 Å². The molecule has 22 heavy (non-hydrogen) atoms. The van der Waals surface area contributed by atoms with Crippen molar-refractivity contribution in [1.82, 2.24) is 0 Å². The van der Waals surface area contributed by atoms with Crippen LogP contribution >= 0.6 is 0 Å². The minimum absolute atomic E-state index is 0.0449. The number of allylic oxidation sites excluding steroid dienone is 4. The molecule has 110 valence electrons. The fraction of sp³-hybridized carbons (Fsp3) is 0.0526. The predicted molar refractivity (Wildman–Crippen MR) is 89.6 cm³/mol. The first kappa shape index (κ1) is 16.4. The Balaban J connectivity index is 2.36. The summed E-state index contributed by atoms with van der Waals surface area (Å²) in [7, 11) is 0. The van der Waals surface area contributed by atoms with Crippen LogP contribution in [0.15, 0.2) is 65.6 Å². The van der Waals surface area contributed by atoms with Crippen molar-refractivity contribution in [3.8, 4) is 11.1 Å². The number of benzene rings is 2. The molecular formula is C19H15AsF2. The Morgan fingerprint density at radius 1 is 1.05 bits per heavy atom. The van der Waals surface area contributed by atoms with Gasteiger partial charge in [0, 0.05) is 0 Å². The summed E-state index contributed by atoms with van der Waals surface area (Å²) in [6, 6.07) is 10.3. The molecule has 0 aliphatic rings. The maximum atomic E-state index is 14.1. The zero-order valence-corrected chi connectivity index (χ0v) is 14.1. The van der Waals surface area contributed by atoms with E-state index in [1.54, 1.807) is 18.2 Å². The number of rotatable bonds is 4. The Hall–Kier alpha value is -1.92.